The summed E-state index contributed by atoms with van der Waals surface area (Å²) in [7, 11) is 0. The average molecular weight is 238 g/mol. The minimum absolute atomic E-state index is 0.703. The molecule has 0 saturated carbocycles. The van der Waals surface area contributed by atoms with Gasteiger partial charge in [0.25, 0.3) is 0 Å². The Hall–Kier alpha value is -2.36. The minimum Gasteiger partial charge on any atom is -0.398 e. The van der Waals surface area contributed by atoms with E-state index < -0.39 is 0 Å². The summed E-state index contributed by atoms with van der Waals surface area (Å²) >= 11 is 0. The van der Waals surface area contributed by atoms with Crippen LogP contribution < -0.4 is 5.73 Å². The Kier molecular flexibility index (Phi) is 2.30. The van der Waals surface area contributed by atoms with Gasteiger partial charge in [-0.2, -0.15) is 0 Å². The molecule has 0 aliphatic heterocycles. The molecule has 18 heavy (non-hydrogen) atoms. The highest BCUT2D eigenvalue weighted by Gasteiger charge is 2.10. The summed E-state index contributed by atoms with van der Waals surface area (Å²) in [6, 6.07) is 10.0. The highest BCUT2D eigenvalue weighted by molar-refractivity contribution is 5.65. The number of hydrogen-bond donors (Lipinski definition) is 1. The molecule has 2 heterocycles. The van der Waals surface area contributed by atoms with Gasteiger partial charge in [0.1, 0.15) is 0 Å². The van der Waals surface area contributed by atoms with Crippen LogP contribution in [0.5, 0.6) is 0 Å². The van der Waals surface area contributed by atoms with E-state index in [1.807, 2.05) is 22.7 Å². The number of anilines is 1. The smallest absolute Gasteiger partial charge is 0.168 e. The summed E-state index contributed by atoms with van der Waals surface area (Å²) < 4.78 is 1.93. The highest BCUT2D eigenvalue weighted by atomic mass is 15.2. The zero-order valence-electron chi connectivity index (χ0n) is 10.4. The average Bonchev–Trinajstić information content (AvgIpc) is 2.75. The first-order chi connectivity index (χ1) is 8.65. The molecule has 4 heteroatoms. The number of aromatic nitrogens is 3. The van der Waals surface area contributed by atoms with E-state index >= 15 is 0 Å². The highest BCUT2D eigenvalue weighted by Crippen LogP contribution is 2.24. The van der Waals surface area contributed by atoms with Gasteiger partial charge in [0.05, 0.1) is 0 Å². The van der Waals surface area contributed by atoms with Crippen molar-refractivity contribution in [1.82, 2.24) is 14.6 Å². The number of fused-ring (bicyclic) bond motifs is 1. The maximum atomic E-state index is 5.82. The van der Waals surface area contributed by atoms with Crippen molar-refractivity contribution in [2.45, 2.75) is 13.8 Å². The van der Waals surface area contributed by atoms with Crippen LogP contribution in [0.3, 0.4) is 0 Å². The Morgan fingerprint density at radius 3 is 2.72 bits per heavy atom. The molecule has 2 aromatic heterocycles. The molecule has 0 atom stereocenters. The molecular weight excluding hydrogens is 224 g/mol. The van der Waals surface area contributed by atoms with Crippen molar-refractivity contribution in [3.8, 4) is 11.4 Å². The van der Waals surface area contributed by atoms with Gasteiger partial charge in [-0.15, -0.1) is 10.2 Å². The molecule has 0 bridgehead atoms. The second-order valence-electron chi connectivity index (χ2n) is 4.53. The van der Waals surface area contributed by atoms with Crippen molar-refractivity contribution in [3.63, 3.8) is 0 Å². The molecule has 1 aromatic carbocycles. The fourth-order valence-electron chi connectivity index (χ4n) is 2.07. The van der Waals surface area contributed by atoms with Crippen molar-refractivity contribution in [2.24, 2.45) is 0 Å². The third-order valence-corrected chi connectivity index (χ3v) is 3.06. The van der Waals surface area contributed by atoms with Crippen molar-refractivity contribution in [3.05, 3.63) is 47.7 Å². The normalized spacial score (nSPS) is 11.0. The van der Waals surface area contributed by atoms with Crippen LogP contribution in [-0.2, 0) is 0 Å². The molecule has 0 saturated heterocycles. The summed E-state index contributed by atoms with van der Waals surface area (Å²) in [5.41, 5.74) is 10.8. The lowest BCUT2D eigenvalue weighted by molar-refractivity contribution is 1.10. The van der Waals surface area contributed by atoms with E-state index in [0.29, 0.717) is 5.69 Å². The number of nitrogens with zero attached hydrogens (tertiary/aromatic N) is 3. The number of nitrogen functional groups attached to an aromatic ring is 1. The van der Waals surface area contributed by atoms with Crippen molar-refractivity contribution >= 4 is 11.3 Å². The zero-order chi connectivity index (χ0) is 12.7. The lowest BCUT2D eigenvalue weighted by Crippen LogP contribution is -1.94. The van der Waals surface area contributed by atoms with Crippen molar-refractivity contribution in [1.29, 1.82) is 0 Å². The molecule has 0 spiro atoms. The molecule has 0 radical (unpaired) electrons. The Bertz CT molecular complexity index is 728. The van der Waals surface area contributed by atoms with Crippen LogP contribution in [0.2, 0.25) is 0 Å². The first-order valence-corrected chi connectivity index (χ1v) is 5.83. The first-order valence-electron chi connectivity index (χ1n) is 5.83. The number of rotatable bonds is 1. The standard InChI is InChI=1S/C14H14N4/c1-9-3-4-10(2)12(7-9)14-17-16-13-6-5-11(15)8-18(13)14/h3-8H,15H2,1-2H3. The van der Waals surface area contributed by atoms with E-state index in [0.717, 1.165) is 17.0 Å². The molecule has 90 valence electrons. The van der Waals surface area contributed by atoms with Crippen molar-refractivity contribution < 1.29 is 0 Å². The SMILES string of the molecule is Cc1ccc(C)c(-c2nnc3ccc(N)cn23)c1. The summed E-state index contributed by atoms with van der Waals surface area (Å²) in [4.78, 5) is 0. The molecule has 3 rings (SSSR count). The van der Waals surface area contributed by atoms with Gasteiger partial charge < -0.3 is 5.73 Å². The van der Waals surface area contributed by atoms with Gasteiger partial charge in [0, 0.05) is 17.4 Å². The zero-order valence-corrected chi connectivity index (χ0v) is 10.4. The van der Waals surface area contributed by atoms with Gasteiger partial charge >= 0.3 is 0 Å². The molecule has 0 amide bonds. The maximum Gasteiger partial charge on any atom is 0.168 e. The van der Waals surface area contributed by atoms with E-state index in [1.165, 1.54) is 11.1 Å². The monoisotopic (exact) mass is 238 g/mol. The number of benzene rings is 1. The predicted molar refractivity (Wildman–Crippen MR) is 72.3 cm³/mol. The lowest BCUT2D eigenvalue weighted by atomic mass is 10.1. The van der Waals surface area contributed by atoms with Crippen LogP contribution in [0.4, 0.5) is 5.69 Å². The van der Waals surface area contributed by atoms with Crippen LogP contribution in [0, 0.1) is 13.8 Å². The Labute approximate surface area is 105 Å². The largest absolute Gasteiger partial charge is 0.398 e. The van der Waals surface area contributed by atoms with E-state index in [4.69, 9.17) is 5.73 Å². The molecular formula is C14H14N4. The molecule has 0 aliphatic carbocycles. The second kappa shape index (κ2) is 3.84. The summed E-state index contributed by atoms with van der Waals surface area (Å²) in [6.45, 7) is 4.14. The Morgan fingerprint density at radius 2 is 1.89 bits per heavy atom. The lowest BCUT2D eigenvalue weighted by Gasteiger charge is -2.05. The number of aryl methyl sites for hydroxylation is 2. The Morgan fingerprint density at radius 1 is 1.06 bits per heavy atom. The molecule has 3 aromatic rings. The second-order valence-corrected chi connectivity index (χ2v) is 4.53. The summed E-state index contributed by atoms with van der Waals surface area (Å²) in [6.07, 6.45) is 1.85. The van der Waals surface area contributed by atoms with Crippen LogP contribution in [0.25, 0.3) is 17.0 Å². The topological polar surface area (TPSA) is 56.2 Å². The summed E-state index contributed by atoms with van der Waals surface area (Å²) in [5.74, 6) is 0.832. The van der Waals surface area contributed by atoms with E-state index in [9.17, 15) is 0 Å². The summed E-state index contributed by atoms with van der Waals surface area (Å²) in [5, 5.41) is 8.43. The van der Waals surface area contributed by atoms with Crippen LogP contribution in [-0.4, -0.2) is 14.6 Å². The quantitative estimate of drug-likeness (QED) is 0.709. The molecule has 2 N–H and O–H groups in total. The van der Waals surface area contributed by atoms with Gasteiger partial charge in [-0.1, -0.05) is 17.7 Å². The van der Waals surface area contributed by atoms with Crippen LogP contribution in [0.15, 0.2) is 36.5 Å². The van der Waals surface area contributed by atoms with Gasteiger partial charge in [-0.3, -0.25) is 4.40 Å². The number of pyridine rings is 1. The van der Waals surface area contributed by atoms with Crippen molar-refractivity contribution in [2.75, 3.05) is 5.73 Å². The molecule has 0 fully saturated rings. The predicted octanol–water partition coefficient (Wildman–Crippen LogP) is 2.60. The van der Waals surface area contributed by atoms with Crippen LogP contribution in [0.1, 0.15) is 11.1 Å². The van der Waals surface area contributed by atoms with E-state index in [-0.39, 0.29) is 0 Å². The van der Waals surface area contributed by atoms with Gasteiger partial charge in [0.15, 0.2) is 11.5 Å². The first kappa shape index (κ1) is 10.8. The third kappa shape index (κ3) is 1.62. The minimum atomic E-state index is 0.703. The Balaban J connectivity index is 2.31. The molecule has 0 aliphatic rings. The number of hydrogen-bond acceptors (Lipinski definition) is 3. The van der Waals surface area contributed by atoms with Gasteiger partial charge in [0.2, 0.25) is 0 Å². The van der Waals surface area contributed by atoms with E-state index in [1.54, 1.807) is 0 Å². The maximum absolute atomic E-state index is 5.82. The fraction of sp³-hybridized carbons (Fsp3) is 0.143. The molecule has 4 nitrogen and oxygen atoms in total. The van der Waals surface area contributed by atoms with E-state index in [2.05, 4.69) is 42.2 Å². The molecule has 0 unspecified atom stereocenters. The van der Waals surface area contributed by atoms with Gasteiger partial charge in [-0.25, -0.2) is 0 Å². The fourth-order valence-corrected chi connectivity index (χ4v) is 2.07. The third-order valence-electron chi connectivity index (χ3n) is 3.06. The van der Waals surface area contributed by atoms with Crippen LogP contribution >= 0.6 is 0 Å². The van der Waals surface area contributed by atoms with Gasteiger partial charge in [-0.05, 0) is 37.6 Å². The number of nitrogens with two attached hydrogens (primary N) is 1.